The average molecular weight is 388 g/mol. The molecule has 1 saturated heterocycles. The molecule has 0 aliphatic carbocycles. The van der Waals surface area contributed by atoms with E-state index >= 15 is 0 Å². The van der Waals surface area contributed by atoms with Gasteiger partial charge in [-0.05, 0) is 36.4 Å². The van der Waals surface area contributed by atoms with Crippen LogP contribution in [0.4, 0.5) is 28.8 Å². The largest absolute Gasteiger partial charge is 0.378 e. The highest BCUT2D eigenvalue weighted by molar-refractivity contribution is 5.87. The summed E-state index contributed by atoms with van der Waals surface area (Å²) in [5.41, 5.74) is 4.29. The monoisotopic (exact) mass is 388 g/mol. The van der Waals surface area contributed by atoms with E-state index in [2.05, 4.69) is 52.6 Å². The first-order valence-electron chi connectivity index (χ1n) is 9.43. The van der Waals surface area contributed by atoms with E-state index < -0.39 is 0 Å². The number of nitrogens with one attached hydrogen (secondary N) is 3. The Labute approximate surface area is 167 Å². The Bertz CT molecular complexity index is 1090. The van der Waals surface area contributed by atoms with Crippen LogP contribution in [0.25, 0.3) is 11.2 Å². The zero-order chi connectivity index (χ0) is 19.5. The maximum absolute atomic E-state index is 5.42. The second-order valence-corrected chi connectivity index (χ2v) is 6.64. The van der Waals surface area contributed by atoms with E-state index in [4.69, 9.17) is 4.74 Å². The fourth-order valence-corrected chi connectivity index (χ4v) is 3.27. The number of morpholine rings is 1. The number of anilines is 5. The number of aromatic nitrogens is 5. The van der Waals surface area contributed by atoms with Crippen molar-refractivity contribution in [2.75, 3.05) is 41.8 Å². The Kier molecular flexibility index (Phi) is 4.63. The van der Waals surface area contributed by atoms with Gasteiger partial charge in [0.25, 0.3) is 0 Å². The van der Waals surface area contributed by atoms with Crippen LogP contribution in [0.15, 0.2) is 55.1 Å². The van der Waals surface area contributed by atoms with Crippen LogP contribution in [-0.4, -0.2) is 51.2 Å². The highest BCUT2D eigenvalue weighted by atomic mass is 16.5. The van der Waals surface area contributed by atoms with Gasteiger partial charge in [-0.1, -0.05) is 0 Å². The summed E-state index contributed by atoms with van der Waals surface area (Å²) in [6.45, 7) is 3.38. The van der Waals surface area contributed by atoms with Crippen LogP contribution in [0.5, 0.6) is 0 Å². The maximum Gasteiger partial charge on any atom is 0.207 e. The van der Waals surface area contributed by atoms with E-state index in [-0.39, 0.29) is 0 Å². The Morgan fingerprint density at radius 1 is 0.966 bits per heavy atom. The Morgan fingerprint density at radius 3 is 2.62 bits per heavy atom. The third kappa shape index (κ3) is 3.81. The first-order valence-corrected chi connectivity index (χ1v) is 9.43. The van der Waals surface area contributed by atoms with Gasteiger partial charge in [-0.3, -0.25) is 4.98 Å². The number of H-pyrrole nitrogens is 1. The van der Waals surface area contributed by atoms with Gasteiger partial charge in [0, 0.05) is 30.7 Å². The van der Waals surface area contributed by atoms with Crippen molar-refractivity contribution in [3.8, 4) is 0 Å². The highest BCUT2D eigenvalue weighted by Gasteiger charge is 2.12. The predicted molar refractivity (Wildman–Crippen MR) is 112 cm³/mol. The molecule has 0 spiro atoms. The molecule has 9 nitrogen and oxygen atoms in total. The van der Waals surface area contributed by atoms with Crippen molar-refractivity contribution in [2.45, 2.75) is 0 Å². The van der Waals surface area contributed by atoms with E-state index in [1.54, 1.807) is 12.4 Å². The van der Waals surface area contributed by atoms with Crippen molar-refractivity contribution < 1.29 is 4.74 Å². The zero-order valence-corrected chi connectivity index (χ0v) is 15.7. The molecule has 1 aromatic carbocycles. The standard InChI is InChI=1S/C20H20N8O/c1-2-15(12-21-7-1)25-20-26-17-18(22-13-23-19(17)27-20)24-14-3-5-16(6-4-14)28-8-10-29-11-9-28/h1-7,12-13H,8-11H2,(H3,22,23,24,25,26,27). The van der Waals surface area contributed by atoms with Crippen molar-refractivity contribution in [3.05, 3.63) is 55.1 Å². The molecule has 1 aliphatic rings. The second kappa shape index (κ2) is 7.72. The van der Waals surface area contributed by atoms with Gasteiger partial charge in [0.1, 0.15) is 11.8 Å². The van der Waals surface area contributed by atoms with Gasteiger partial charge >= 0.3 is 0 Å². The lowest BCUT2D eigenvalue weighted by Crippen LogP contribution is -2.36. The van der Waals surface area contributed by atoms with E-state index in [9.17, 15) is 0 Å². The van der Waals surface area contributed by atoms with Crippen molar-refractivity contribution in [1.82, 2.24) is 24.9 Å². The minimum atomic E-state index is 0.582. The minimum Gasteiger partial charge on any atom is -0.378 e. The fourth-order valence-electron chi connectivity index (χ4n) is 3.27. The molecule has 9 heteroatoms. The number of aromatic amines is 1. The summed E-state index contributed by atoms with van der Waals surface area (Å²) in [5.74, 6) is 1.25. The van der Waals surface area contributed by atoms with Crippen LogP contribution in [0.3, 0.4) is 0 Å². The topological polar surface area (TPSA) is 104 Å². The molecular weight excluding hydrogens is 368 g/mol. The molecule has 3 aromatic heterocycles. The number of ether oxygens (including phenoxy) is 1. The third-order valence-electron chi connectivity index (χ3n) is 4.72. The summed E-state index contributed by atoms with van der Waals surface area (Å²) >= 11 is 0. The molecule has 4 aromatic rings. The first-order chi connectivity index (χ1) is 14.3. The number of rotatable bonds is 5. The van der Waals surface area contributed by atoms with Crippen LogP contribution >= 0.6 is 0 Å². The lowest BCUT2D eigenvalue weighted by molar-refractivity contribution is 0.122. The lowest BCUT2D eigenvalue weighted by Gasteiger charge is -2.28. The number of hydrogen-bond donors (Lipinski definition) is 3. The van der Waals surface area contributed by atoms with Crippen molar-refractivity contribution in [1.29, 1.82) is 0 Å². The highest BCUT2D eigenvalue weighted by Crippen LogP contribution is 2.25. The molecule has 0 unspecified atom stereocenters. The summed E-state index contributed by atoms with van der Waals surface area (Å²) in [6, 6.07) is 12.1. The zero-order valence-electron chi connectivity index (χ0n) is 15.7. The normalized spacial score (nSPS) is 14.1. The molecule has 1 fully saturated rings. The molecule has 146 valence electrons. The van der Waals surface area contributed by atoms with E-state index in [1.807, 2.05) is 24.3 Å². The molecule has 29 heavy (non-hydrogen) atoms. The molecular formula is C20H20N8O. The Balaban J connectivity index is 1.36. The van der Waals surface area contributed by atoms with Crippen molar-refractivity contribution in [3.63, 3.8) is 0 Å². The second-order valence-electron chi connectivity index (χ2n) is 6.64. The lowest BCUT2D eigenvalue weighted by atomic mass is 10.2. The van der Waals surface area contributed by atoms with Crippen LogP contribution in [-0.2, 0) is 4.74 Å². The quantitative estimate of drug-likeness (QED) is 0.479. The van der Waals surface area contributed by atoms with Crippen LogP contribution in [0.2, 0.25) is 0 Å². The smallest absolute Gasteiger partial charge is 0.207 e. The molecule has 4 heterocycles. The van der Waals surface area contributed by atoms with Gasteiger partial charge < -0.3 is 25.3 Å². The van der Waals surface area contributed by atoms with Gasteiger partial charge in [0.2, 0.25) is 5.95 Å². The van der Waals surface area contributed by atoms with Gasteiger partial charge in [0.15, 0.2) is 11.5 Å². The van der Waals surface area contributed by atoms with Crippen LogP contribution < -0.4 is 15.5 Å². The van der Waals surface area contributed by atoms with Crippen molar-refractivity contribution in [2.24, 2.45) is 0 Å². The summed E-state index contributed by atoms with van der Waals surface area (Å²) in [4.78, 5) is 22.8. The Hall–Kier alpha value is -3.72. The first kappa shape index (κ1) is 17.4. The number of benzene rings is 1. The number of fused-ring (bicyclic) bond motifs is 1. The number of hydrogen-bond acceptors (Lipinski definition) is 8. The number of nitrogens with zero attached hydrogens (tertiary/aromatic N) is 5. The van der Waals surface area contributed by atoms with Gasteiger partial charge in [-0.25, -0.2) is 9.97 Å². The SMILES string of the molecule is c1cncc(Nc2nc3ncnc(Nc4ccc(N5CCOCC5)cc4)c3[nH]2)c1. The fraction of sp³-hybridized carbons (Fsp3) is 0.200. The molecule has 0 amide bonds. The summed E-state index contributed by atoms with van der Waals surface area (Å²) in [7, 11) is 0. The summed E-state index contributed by atoms with van der Waals surface area (Å²) < 4.78 is 5.42. The van der Waals surface area contributed by atoms with E-state index in [0.29, 0.717) is 17.4 Å². The molecule has 0 radical (unpaired) electrons. The third-order valence-corrected chi connectivity index (χ3v) is 4.72. The molecule has 0 saturated carbocycles. The molecule has 1 aliphatic heterocycles. The van der Waals surface area contributed by atoms with E-state index in [0.717, 1.165) is 43.2 Å². The van der Waals surface area contributed by atoms with Gasteiger partial charge in [-0.15, -0.1) is 0 Å². The summed E-state index contributed by atoms with van der Waals surface area (Å²) in [6.07, 6.45) is 4.96. The minimum absolute atomic E-state index is 0.582. The van der Waals surface area contributed by atoms with Gasteiger partial charge in [0.05, 0.1) is 25.1 Å². The predicted octanol–water partition coefficient (Wildman–Crippen LogP) is 3.07. The average Bonchev–Trinajstić information content (AvgIpc) is 3.19. The molecule has 5 rings (SSSR count). The van der Waals surface area contributed by atoms with Gasteiger partial charge in [-0.2, -0.15) is 4.98 Å². The van der Waals surface area contributed by atoms with Crippen molar-refractivity contribution >= 4 is 40.0 Å². The number of imidazole rings is 1. The van der Waals surface area contributed by atoms with E-state index in [1.165, 1.54) is 12.0 Å². The van der Waals surface area contributed by atoms with Crippen LogP contribution in [0.1, 0.15) is 0 Å². The Morgan fingerprint density at radius 2 is 1.83 bits per heavy atom. The van der Waals surface area contributed by atoms with Crippen LogP contribution in [0, 0.1) is 0 Å². The summed E-state index contributed by atoms with van der Waals surface area (Å²) in [5, 5.41) is 6.54. The molecule has 3 N–H and O–H groups in total. The number of pyridine rings is 1. The maximum atomic E-state index is 5.42. The molecule has 0 atom stereocenters. The molecule has 0 bridgehead atoms.